The van der Waals surface area contributed by atoms with Crippen molar-refractivity contribution < 1.29 is 20.1 Å². The van der Waals surface area contributed by atoms with Gasteiger partial charge in [0.1, 0.15) is 0 Å². The molecule has 0 bridgehead atoms. The molecule has 0 spiro atoms. The Labute approximate surface area is 221 Å². The molecule has 4 aliphatic carbocycles. The van der Waals surface area contributed by atoms with Crippen LogP contribution in [0.3, 0.4) is 0 Å². The summed E-state index contributed by atoms with van der Waals surface area (Å²) in [7, 11) is 0. The highest BCUT2D eigenvalue weighted by atomic mass is 32.1. The van der Waals surface area contributed by atoms with E-state index in [9.17, 15) is 20.1 Å². The predicted molar refractivity (Wildman–Crippen MR) is 143 cm³/mol. The lowest BCUT2D eigenvalue weighted by Crippen LogP contribution is -2.64. The van der Waals surface area contributed by atoms with Crippen LogP contribution in [0.4, 0.5) is 0 Å². The van der Waals surface area contributed by atoms with Crippen molar-refractivity contribution in [3.05, 3.63) is 22.4 Å². The molecule has 4 aliphatic rings. The van der Waals surface area contributed by atoms with E-state index in [-0.39, 0.29) is 46.6 Å². The number of fused-ring (bicyclic) bond motifs is 5. The molecule has 4 saturated carbocycles. The number of aliphatic hydroxyl groups excluding tert-OH is 3. The van der Waals surface area contributed by atoms with E-state index in [0.717, 1.165) is 44.9 Å². The quantitative estimate of drug-likeness (QED) is 0.412. The second-order valence-electron chi connectivity index (χ2n) is 13.3. The minimum absolute atomic E-state index is 0.00950. The first-order chi connectivity index (χ1) is 17.1. The van der Waals surface area contributed by atoms with Crippen LogP contribution >= 0.6 is 11.3 Å². The largest absolute Gasteiger partial charge is 0.393 e. The molecule has 1 aromatic heterocycles. The number of thiophene rings is 1. The summed E-state index contributed by atoms with van der Waals surface area (Å²) in [5.74, 6) is 1.78. The van der Waals surface area contributed by atoms with Crippen LogP contribution in [0, 0.1) is 46.3 Å². The van der Waals surface area contributed by atoms with Gasteiger partial charge < -0.3 is 20.6 Å². The molecule has 0 radical (unpaired) electrons. The van der Waals surface area contributed by atoms with Crippen LogP contribution in [0.15, 0.2) is 17.5 Å². The van der Waals surface area contributed by atoms with Gasteiger partial charge in [0.15, 0.2) is 0 Å². The zero-order chi connectivity index (χ0) is 25.8. The fraction of sp³-hybridized carbons (Fsp3) is 0.833. The molecule has 4 fully saturated rings. The summed E-state index contributed by atoms with van der Waals surface area (Å²) in [5.41, 5.74) is 0.0846. The summed E-state index contributed by atoms with van der Waals surface area (Å²) in [6.45, 7) is 9.12. The Balaban J connectivity index is 1.30. The van der Waals surface area contributed by atoms with Crippen LogP contribution in [0.5, 0.6) is 0 Å². The molecule has 5 rings (SSSR count). The Bertz CT molecular complexity index is 922. The van der Waals surface area contributed by atoms with Gasteiger partial charge in [-0.25, -0.2) is 0 Å². The third-order valence-electron chi connectivity index (χ3n) is 11.6. The predicted octanol–water partition coefficient (Wildman–Crippen LogP) is 5.30. The molecule has 202 valence electrons. The SMILES string of the molecule is CCC(NC(=O)C[C@@H](C)C1CC[C@H]2[C@@H]3[C@H](O)[C@H](O)[C@@H]4C[C@H](O)CC[C@]4(C)[C@H]3CC[C@]12C)c1cccs1. The standard InChI is InChI=1S/C30H47NO4S/c1-5-23(24-7-6-14-36-24)31-25(33)15-17(2)19-8-9-20-26-21(11-13-29(19,20)3)30(4)12-10-18(32)16-22(30)27(34)28(26)35/h6-7,14,17-23,26-28,32,34-35H,5,8-13,15-16H2,1-4H3,(H,31,33)/t17-,18-,19?,20+,21+,22+,23?,26+,27-,28+,29-,30-/m1/s1. The summed E-state index contributed by atoms with van der Waals surface area (Å²) in [4.78, 5) is 14.3. The van der Waals surface area contributed by atoms with Crippen molar-refractivity contribution in [2.75, 3.05) is 0 Å². The highest BCUT2D eigenvalue weighted by molar-refractivity contribution is 7.10. The highest BCUT2D eigenvalue weighted by Gasteiger charge is 2.65. The summed E-state index contributed by atoms with van der Waals surface area (Å²) in [6, 6.07) is 4.24. The van der Waals surface area contributed by atoms with Crippen LogP contribution < -0.4 is 5.32 Å². The van der Waals surface area contributed by atoms with Gasteiger partial charge in [0, 0.05) is 11.3 Å². The highest BCUT2D eigenvalue weighted by Crippen LogP contribution is 2.68. The molecule has 1 heterocycles. The molecule has 0 saturated heterocycles. The lowest BCUT2D eigenvalue weighted by Gasteiger charge is -2.63. The average molecular weight is 518 g/mol. The van der Waals surface area contributed by atoms with Crippen LogP contribution in [0.2, 0.25) is 0 Å². The summed E-state index contributed by atoms with van der Waals surface area (Å²) < 4.78 is 0. The van der Waals surface area contributed by atoms with Crippen molar-refractivity contribution >= 4 is 17.2 Å². The van der Waals surface area contributed by atoms with Gasteiger partial charge in [-0.05, 0) is 109 Å². The van der Waals surface area contributed by atoms with Gasteiger partial charge in [0.25, 0.3) is 0 Å². The van der Waals surface area contributed by atoms with Gasteiger partial charge in [-0.15, -0.1) is 11.3 Å². The fourth-order valence-electron chi connectivity index (χ4n) is 9.77. The lowest BCUT2D eigenvalue weighted by molar-refractivity contribution is -0.223. The van der Waals surface area contributed by atoms with E-state index < -0.39 is 12.2 Å². The number of nitrogens with one attached hydrogen (secondary N) is 1. The fourth-order valence-corrected chi connectivity index (χ4v) is 10.6. The molecular formula is C30H47NO4S. The minimum atomic E-state index is -0.751. The van der Waals surface area contributed by atoms with Gasteiger partial charge in [0.05, 0.1) is 24.4 Å². The Morgan fingerprint density at radius 3 is 2.47 bits per heavy atom. The first-order valence-corrected chi connectivity index (χ1v) is 15.3. The van der Waals surface area contributed by atoms with Gasteiger partial charge in [-0.2, -0.15) is 0 Å². The van der Waals surface area contributed by atoms with E-state index in [4.69, 9.17) is 0 Å². The zero-order valence-electron chi connectivity index (χ0n) is 22.5. The van der Waals surface area contributed by atoms with E-state index in [2.05, 4.69) is 44.5 Å². The molecule has 6 heteroatoms. The number of hydrogen-bond donors (Lipinski definition) is 4. The average Bonchev–Trinajstić information content (AvgIpc) is 3.49. The maximum atomic E-state index is 13.1. The van der Waals surface area contributed by atoms with Crippen molar-refractivity contribution in [2.24, 2.45) is 46.3 Å². The topological polar surface area (TPSA) is 89.8 Å². The number of carbonyl (C=O) groups excluding carboxylic acids is 1. The summed E-state index contributed by atoms with van der Waals surface area (Å²) in [5, 5.41) is 38.4. The van der Waals surface area contributed by atoms with E-state index in [1.165, 1.54) is 4.88 Å². The first-order valence-electron chi connectivity index (χ1n) is 14.5. The van der Waals surface area contributed by atoms with E-state index in [1.807, 2.05) is 6.07 Å². The van der Waals surface area contributed by atoms with Crippen LogP contribution in [0.1, 0.15) is 96.4 Å². The number of amides is 1. The van der Waals surface area contributed by atoms with E-state index in [0.29, 0.717) is 30.6 Å². The molecule has 2 unspecified atom stereocenters. The molecule has 1 aromatic rings. The monoisotopic (exact) mass is 517 g/mol. The van der Waals surface area contributed by atoms with Crippen LogP contribution in [-0.4, -0.2) is 39.5 Å². The van der Waals surface area contributed by atoms with Gasteiger partial charge in [0.2, 0.25) is 5.91 Å². The zero-order valence-corrected chi connectivity index (χ0v) is 23.3. The molecular weight excluding hydrogens is 470 g/mol. The van der Waals surface area contributed by atoms with Crippen molar-refractivity contribution in [1.29, 1.82) is 0 Å². The number of aliphatic hydroxyl groups is 3. The maximum absolute atomic E-state index is 13.1. The summed E-state index contributed by atoms with van der Waals surface area (Å²) >= 11 is 1.70. The van der Waals surface area contributed by atoms with Crippen molar-refractivity contribution in [1.82, 2.24) is 5.32 Å². The smallest absolute Gasteiger partial charge is 0.220 e. The third kappa shape index (κ3) is 4.28. The number of rotatable bonds is 6. The normalized spacial score (nSPS) is 45.8. The number of hydrogen-bond acceptors (Lipinski definition) is 5. The third-order valence-corrected chi connectivity index (χ3v) is 12.6. The minimum Gasteiger partial charge on any atom is -0.393 e. The Morgan fingerprint density at radius 1 is 1.06 bits per heavy atom. The van der Waals surface area contributed by atoms with Crippen molar-refractivity contribution in [2.45, 2.75) is 110 Å². The van der Waals surface area contributed by atoms with Crippen molar-refractivity contribution in [3.8, 4) is 0 Å². The Kier molecular flexibility index (Phi) is 7.39. The Morgan fingerprint density at radius 2 is 1.78 bits per heavy atom. The van der Waals surface area contributed by atoms with Gasteiger partial charge >= 0.3 is 0 Å². The van der Waals surface area contributed by atoms with E-state index >= 15 is 0 Å². The molecule has 0 aromatic carbocycles. The number of carbonyl (C=O) groups is 1. The molecule has 0 aliphatic heterocycles. The second-order valence-corrected chi connectivity index (χ2v) is 14.2. The van der Waals surface area contributed by atoms with Gasteiger partial charge in [-0.3, -0.25) is 4.79 Å². The lowest BCUT2D eigenvalue weighted by atomic mass is 9.43. The van der Waals surface area contributed by atoms with Crippen LogP contribution in [0.25, 0.3) is 0 Å². The maximum Gasteiger partial charge on any atom is 0.220 e. The molecule has 4 N–H and O–H groups in total. The molecule has 1 amide bonds. The Hall–Kier alpha value is -0.950. The molecule has 36 heavy (non-hydrogen) atoms. The molecule has 5 nitrogen and oxygen atoms in total. The van der Waals surface area contributed by atoms with Crippen molar-refractivity contribution in [3.63, 3.8) is 0 Å². The van der Waals surface area contributed by atoms with Crippen LogP contribution in [-0.2, 0) is 4.79 Å². The van der Waals surface area contributed by atoms with E-state index in [1.54, 1.807) is 11.3 Å². The first kappa shape index (κ1) is 26.6. The summed E-state index contributed by atoms with van der Waals surface area (Å²) in [6.07, 6.45) is 6.37. The molecule has 12 atom stereocenters. The second kappa shape index (κ2) is 9.98. The van der Waals surface area contributed by atoms with Gasteiger partial charge in [-0.1, -0.05) is 33.8 Å².